The highest BCUT2D eigenvalue weighted by molar-refractivity contribution is 7.84. The van der Waals surface area contributed by atoms with E-state index in [1.54, 1.807) is 19.2 Å². The van der Waals surface area contributed by atoms with Crippen LogP contribution in [-0.2, 0) is 16.6 Å². The summed E-state index contributed by atoms with van der Waals surface area (Å²) < 4.78 is 17.4. The van der Waals surface area contributed by atoms with Crippen molar-refractivity contribution in [2.75, 3.05) is 7.11 Å². The number of hydrogen-bond donors (Lipinski definition) is 0. The van der Waals surface area contributed by atoms with E-state index in [0.29, 0.717) is 22.3 Å². The highest BCUT2D eigenvalue weighted by atomic mass is 32.2. The van der Waals surface area contributed by atoms with Crippen molar-refractivity contribution in [3.05, 3.63) is 29.3 Å². The van der Waals surface area contributed by atoms with E-state index in [4.69, 9.17) is 10.00 Å². The highest BCUT2D eigenvalue weighted by Gasteiger charge is 2.20. The maximum Gasteiger partial charge on any atom is 0.136 e. The van der Waals surface area contributed by atoms with E-state index in [0.717, 1.165) is 18.4 Å². The van der Waals surface area contributed by atoms with E-state index in [1.165, 1.54) is 19.3 Å². The number of rotatable bonds is 4. The van der Waals surface area contributed by atoms with Crippen LogP contribution >= 0.6 is 0 Å². The Bertz CT molecular complexity index is 501. The Morgan fingerprint density at radius 3 is 2.74 bits per heavy atom. The quantitative estimate of drug-likeness (QED) is 0.849. The van der Waals surface area contributed by atoms with Gasteiger partial charge in [0.15, 0.2) is 0 Å². The molecular weight excluding hydrogens is 258 g/mol. The summed E-state index contributed by atoms with van der Waals surface area (Å²) in [6.45, 7) is 0. The molecule has 1 unspecified atom stereocenters. The Hall–Kier alpha value is -1.34. The Labute approximate surface area is 117 Å². The van der Waals surface area contributed by atoms with Gasteiger partial charge in [-0.3, -0.25) is 4.21 Å². The van der Waals surface area contributed by atoms with Crippen LogP contribution in [0.5, 0.6) is 5.75 Å². The zero-order valence-electron chi connectivity index (χ0n) is 11.2. The van der Waals surface area contributed by atoms with Crippen molar-refractivity contribution >= 4 is 10.8 Å². The maximum absolute atomic E-state index is 12.3. The first kappa shape index (κ1) is 14.1. The maximum atomic E-state index is 12.3. The standard InChI is InChI=1S/C15H19NO2S/c1-18-15-8-7-12(9-13(15)10-16)11-19(17)14-5-3-2-4-6-14/h7-9,14H,2-6,11H2,1H3. The lowest BCUT2D eigenvalue weighted by molar-refractivity contribution is 0.413. The van der Waals surface area contributed by atoms with Crippen LogP contribution in [-0.4, -0.2) is 16.6 Å². The summed E-state index contributed by atoms with van der Waals surface area (Å²) in [5.74, 6) is 1.12. The topological polar surface area (TPSA) is 50.1 Å². The van der Waals surface area contributed by atoms with Crippen molar-refractivity contribution in [3.63, 3.8) is 0 Å². The van der Waals surface area contributed by atoms with Crippen LogP contribution in [0.3, 0.4) is 0 Å². The summed E-state index contributed by atoms with van der Waals surface area (Å²) in [7, 11) is 0.725. The molecule has 0 bridgehead atoms. The van der Waals surface area contributed by atoms with Crippen LogP contribution in [0.15, 0.2) is 18.2 Å². The molecule has 0 aliphatic heterocycles. The van der Waals surface area contributed by atoms with Gasteiger partial charge < -0.3 is 4.74 Å². The molecule has 0 aromatic heterocycles. The second kappa shape index (κ2) is 6.72. The molecular formula is C15H19NO2S. The zero-order chi connectivity index (χ0) is 13.7. The normalized spacial score (nSPS) is 17.7. The minimum Gasteiger partial charge on any atom is -0.495 e. The van der Waals surface area contributed by atoms with Gasteiger partial charge in [-0.2, -0.15) is 5.26 Å². The van der Waals surface area contributed by atoms with Gasteiger partial charge in [-0.1, -0.05) is 25.3 Å². The predicted octanol–water partition coefficient (Wildman–Crippen LogP) is 3.15. The van der Waals surface area contributed by atoms with Crippen molar-refractivity contribution in [1.29, 1.82) is 5.26 Å². The lowest BCUT2D eigenvalue weighted by Crippen LogP contribution is -2.19. The Kier molecular flexibility index (Phi) is 4.98. The lowest BCUT2D eigenvalue weighted by atomic mass is 10.0. The summed E-state index contributed by atoms with van der Waals surface area (Å²) in [6, 6.07) is 7.59. The van der Waals surface area contributed by atoms with Crippen LogP contribution in [0, 0.1) is 11.3 Å². The van der Waals surface area contributed by atoms with Gasteiger partial charge in [0.2, 0.25) is 0 Å². The molecule has 1 aromatic carbocycles. The Balaban J connectivity index is 2.06. The molecule has 0 amide bonds. The largest absolute Gasteiger partial charge is 0.495 e. The molecule has 1 saturated carbocycles. The molecule has 19 heavy (non-hydrogen) atoms. The van der Waals surface area contributed by atoms with E-state index in [-0.39, 0.29) is 0 Å². The van der Waals surface area contributed by atoms with E-state index < -0.39 is 10.8 Å². The van der Waals surface area contributed by atoms with Gasteiger partial charge in [-0.05, 0) is 30.5 Å². The number of hydrogen-bond acceptors (Lipinski definition) is 3. The smallest absolute Gasteiger partial charge is 0.136 e. The van der Waals surface area contributed by atoms with Gasteiger partial charge in [-0.25, -0.2) is 0 Å². The van der Waals surface area contributed by atoms with Gasteiger partial charge >= 0.3 is 0 Å². The van der Waals surface area contributed by atoms with Crippen LogP contribution in [0.2, 0.25) is 0 Å². The van der Waals surface area contributed by atoms with Crippen molar-refractivity contribution in [1.82, 2.24) is 0 Å². The molecule has 102 valence electrons. The molecule has 4 heteroatoms. The van der Waals surface area contributed by atoms with E-state index in [9.17, 15) is 4.21 Å². The number of nitriles is 1. The van der Waals surface area contributed by atoms with Crippen LogP contribution < -0.4 is 4.74 Å². The third-order valence-electron chi connectivity index (χ3n) is 3.62. The first-order valence-electron chi connectivity index (χ1n) is 6.69. The third-order valence-corrected chi connectivity index (χ3v) is 5.45. The number of nitrogens with zero attached hydrogens (tertiary/aromatic N) is 1. The van der Waals surface area contributed by atoms with Crippen LogP contribution in [0.25, 0.3) is 0 Å². The van der Waals surface area contributed by atoms with Gasteiger partial charge in [0, 0.05) is 21.8 Å². The number of benzene rings is 1. The van der Waals surface area contributed by atoms with Crippen molar-refractivity contribution < 1.29 is 8.95 Å². The molecule has 0 radical (unpaired) electrons. The molecule has 0 N–H and O–H groups in total. The zero-order valence-corrected chi connectivity index (χ0v) is 12.0. The molecule has 1 aliphatic rings. The average molecular weight is 277 g/mol. The van der Waals surface area contributed by atoms with Gasteiger partial charge in [-0.15, -0.1) is 0 Å². The monoisotopic (exact) mass is 277 g/mol. The SMILES string of the molecule is COc1ccc(CS(=O)C2CCCCC2)cc1C#N. The summed E-state index contributed by atoms with van der Waals surface area (Å²) in [5, 5.41) is 9.39. The van der Waals surface area contributed by atoms with Gasteiger partial charge in [0.25, 0.3) is 0 Å². The highest BCUT2D eigenvalue weighted by Crippen LogP contribution is 2.25. The molecule has 0 heterocycles. The molecule has 1 fully saturated rings. The minimum atomic E-state index is -0.826. The summed E-state index contributed by atoms with van der Waals surface area (Å²) in [6.07, 6.45) is 5.82. The molecule has 2 rings (SSSR count). The van der Waals surface area contributed by atoms with E-state index in [2.05, 4.69) is 6.07 Å². The second-order valence-electron chi connectivity index (χ2n) is 4.93. The fraction of sp³-hybridized carbons (Fsp3) is 0.533. The minimum absolute atomic E-state index is 0.335. The summed E-state index contributed by atoms with van der Waals surface area (Å²) in [5.41, 5.74) is 1.47. The van der Waals surface area contributed by atoms with Crippen molar-refractivity contribution in [3.8, 4) is 11.8 Å². The molecule has 1 aromatic rings. The Morgan fingerprint density at radius 1 is 1.37 bits per heavy atom. The van der Waals surface area contributed by atoms with Crippen LogP contribution in [0.1, 0.15) is 43.2 Å². The lowest BCUT2D eigenvalue weighted by Gasteiger charge is -2.21. The predicted molar refractivity (Wildman–Crippen MR) is 76.4 cm³/mol. The molecule has 1 atom stereocenters. The van der Waals surface area contributed by atoms with Gasteiger partial charge in [0.1, 0.15) is 11.8 Å². The molecule has 3 nitrogen and oxygen atoms in total. The summed E-state index contributed by atoms with van der Waals surface area (Å²) >= 11 is 0. The van der Waals surface area contributed by atoms with Crippen molar-refractivity contribution in [2.45, 2.75) is 43.1 Å². The van der Waals surface area contributed by atoms with E-state index in [1.807, 2.05) is 6.07 Å². The summed E-state index contributed by atoms with van der Waals surface area (Å²) in [4.78, 5) is 0. The van der Waals surface area contributed by atoms with E-state index >= 15 is 0 Å². The first-order chi connectivity index (χ1) is 9.24. The molecule has 0 saturated heterocycles. The Morgan fingerprint density at radius 2 is 2.11 bits per heavy atom. The number of methoxy groups -OCH3 is 1. The van der Waals surface area contributed by atoms with Crippen molar-refractivity contribution in [2.24, 2.45) is 0 Å². The fourth-order valence-corrected chi connectivity index (χ4v) is 4.15. The molecule has 1 aliphatic carbocycles. The van der Waals surface area contributed by atoms with Gasteiger partial charge in [0.05, 0.1) is 12.7 Å². The first-order valence-corrected chi connectivity index (χ1v) is 8.07. The third kappa shape index (κ3) is 3.57. The average Bonchev–Trinajstić information content (AvgIpc) is 2.48. The fourth-order valence-electron chi connectivity index (χ4n) is 2.54. The second-order valence-corrected chi connectivity index (χ2v) is 6.65. The number of ether oxygens (including phenoxy) is 1. The van der Waals surface area contributed by atoms with Crippen LogP contribution in [0.4, 0.5) is 0 Å². The molecule has 0 spiro atoms.